The van der Waals surface area contributed by atoms with Gasteiger partial charge in [-0.3, -0.25) is 5.10 Å². The van der Waals surface area contributed by atoms with E-state index in [9.17, 15) is 9.59 Å². The fraction of sp³-hybridized carbons (Fsp3) is 0.486. The number of H-pyrrole nitrogens is 1. The number of hydrogen-bond donors (Lipinski definition) is 1. The lowest BCUT2D eigenvalue weighted by Crippen LogP contribution is -2.13. The summed E-state index contributed by atoms with van der Waals surface area (Å²) in [4.78, 5) is 28.6. The molecule has 10 heteroatoms. The topological polar surface area (TPSA) is 125 Å². The number of nitrogens with one attached hydrogen (secondary N) is 1. The molecule has 45 heavy (non-hydrogen) atoms. The van der Waals surface area contributed by atoms with Crippen LogP contribution in [-0.4, -0.2) is 56.1 Å². The number of rotatable bonds is 8. The van der Waals surface area contributed by atoms with Crippen molar-refractivity contribution >= 4 is 11.9 Å². The Hall–Kier alpha value is -4.34. The van der Waals surface area contributed by atoms with Crippen LogP contribution in [0, 0.1) is 13.8 Å². The highest BCUT2D eigenvalue weighted by Gasteiger charge is 2.28. The molecule has 0 aliphatic heterocycles. The Bertz CT molecular complexity index is 1700. The van der Waals surface area contributed by atoms with E-state index in [2.05, 4.69) is 44.4 Å². The second-order valence-electron chi connectivity index (χ2n) is 12.1. The van der Waals surface area contributed by atoms with Crippen molar-refractivity contribution in [2.75, 3.05) is 14.2 Å². The molecule has 6 rings (SSSR count). The SMILES string of the molecule is CCc1nc(-c2cc(C(=O)OC)c(C)cc2C2CCC2)n[nH]1.CCc1nnc(-c2cc(C(=O)OC)c(C)cc2C2CCC2)n1C. The van der Waals surface area contributed by atoms with Gasteiger partial charge in [0.15, 0.2) is 11.6 Å². The number of aryl methyl sites for hydroxylation is 4. The Balaban J connectivity index is 0.000000178. The Morgan fingerprint density at radius 2 is 1.36 bits per heavy atom. The average molecular weight is 613 g/mol. The van der Waals surface area contributed by atoms with Crippen LogP contribution >= 0.6 is 0 Å². The summed E-state index contributed by atoms with van der Waals surface area (Å²) in [6.45, 7) is 8.02. The van der Waals surface area contributed by atoms with E-state index in [-0.39, 0.29) is 11.9 Å². The van der Waals surface area contributed by atoms with Crippen molar-refractivity contribution in [3.63, 3.8) is 0 Å². The number of aromatic nitrogens is 6. The van der Waals surface area contributed by atoms with Crippen LogP contribution in [-0.2, 0) is 29.4 Å². The quantitative estimate of drug-likeness (QED) is 0.215. The molecule has 1 N–H and O–H groups in total. The molecule has 4 aromatic rings. The van der Waals surface area contributed by atoms with E-state index in [1.54, 1.807) is 0 Å². The molecule has 0 amide bonds. The molecule has 2 aromatic carbocycles. The van der Waals surface area contributed by atoms with Gasteiger partial charge in [0.05, 0.1) is 25.3 Å². The van der Waals surface area contributed by atoms with Crippen LogP contribution in [0.2, 0.25) is 0 Å². The molecule has 0 atom stereocenters. The van der Waals surface area contributed by atoms with E-state index < -0.39 is 0 Å². The van der Waals surface area contributed by atoms with Crippen LogP contribution in [0.25, 0.3) is 22.8 Å². The molecule has 0 spiro atoms. The molecular weight excluding hydrogens is 568 g/mol. The maximum atomic E-state index is 12.1. The van der Waals surface area contributed by atoms with Crippen LogP contribution in [0.15, 0.2) is 24.3 Å². The molecule has 2 saturated carbocycles. The standard InChI is InChI=1S/C18H23N3O2.C17H21N3O2/c1-5-16-19-20-17(21(16)3)15-10-13(18(22)23-4)11(2)9-14(15)12-7-6-8-12;1-4-15-18-16(20-19-15)14-9-12(17(21)22-3)10(2)8-13(14)11-6-5-7-11/h9-10,12H,5-8H2,1-4H3;8-9,11H,4-7H2,1-3H3,(H,18,19,20). The zero-order valence-electron chi connectivity index (χ0n) is 27.5. The molecular formula is C35H44N6O4. The fourth-order valence-corrected chi connectivity index (χ4v) is 6.10. The molecule has 0 saturated heterocycles. The van der Waals surface area contributed by atoms with Crippen molar-refractivity contribution in [2.45, 2.75) is 90.9 Å². The number of carbonyl (C=O) groups is 2. The molecule has 2 fully saturated rings. The van der Waals surface area contributed by atoms with E-state index >= 15 is 0 Å². The zero-order chi connectivity index (χ0) is 32.2. The van der Waals surface area contributed by atoms with Crippen molar-refractivity contribution in [1.82, 2.24) is 29.9 Å². The first kappa shape index (κ1) is 32.1. The number of esters is 2. The van der Waals surface area contributed by atoms with Gasteiger partial charge in [-0.1, -0.05) is 38.8 Å². The first-order chi connectivity index (χ1) is 21.7. The second-order valence-corrected chi connectivity index (χ2v) is 12.1. The van der Waals surface area contributed by atoms with E-state index in [0.717, 1.165) is 52.6 Å². The molecule has 2 aliphatic rings. The van der Waals surface area contributed by atoms with Crippen LogP contribution < -0.4 is 0 Å². The van der Waals surface area contributed by atoms with Gasteiger partial charge in [0.25, 0.3) is 0 Å². The lowest BCUT2D eigenvalue weighted by atomic mass is 9.77. The number of methoxy groups -OCH3 is 2. The minimum atomic E-state index is -0.315. The Morgan fingerprint density at radius 3 is 1.78 bits per heavy atom. The zero-order valence-corrected chi connectivity index (χ0v) is 27.5. The third-order valence-electron chi connectivity index (χ3n) is 9.32. The predicted octanol–water partition coefficient (Wildman–Crippen LogP) is 6.80. The summed E-state index contributed by atoms with van der Waals surface area (Å²) in [6.07, 6.45) is 8.94. The number of hydrogen-bond acceptors (Lipinski definition) is 8. The average Bonchev–Trinajstić information content (AvgIpc) is 3.61. The summed E-state index contributed by atoms with van der Waals surface area (Å²) >= 11 is 0. The minimum Gasteiger partial charge on any atom is -0.465 e. The van der Waals surface area contributed by atoms with Gasteiger partial charge >= 0.3 is 11.9 Å². The summed E-state index contributed by atoms with van der Waals surface area (Å²) in [5.74, 6) is 3.78. The third-order valence-corrected chi connectivity index (χ3v) is 9.32. The van der Waals surface area contributed by atoms with E-state index in [1.165, 1.54) is 63.9 Å². The van der Waals surface area contributed by atoms with Gasteiger partial charge < -0.3 is 14.0 Å². The molecule has 238 valence electrons. The Morgan fingerprint density at radius 1 is 0.822 bits per heavy atom. The van der Waals surface area contributed by atoms with Gasteiger partial charge in [0.2, 0.25) is 0 Å². The number of aromatic amines is 1. The van der Waals surface area contributed by atoms with Crippen LogP contribution in [0.4, 0.5) is 0 Å². The first-order valence-electron chi connectivity index (χ1n) is 16.0. The molecule has 2 heterocycles. The maximum absolute atomic E-state index is 12.1. The smallest absolute Gasteiger partial charge is 0.338 e. The number of benzene rings is 2. The highest BCUT2D eigenvalue weighted by Crippen LogP contribution is 2.43. The third kappa shape index (κ3) is 6.41. The van der Waals surface area contributed by atoms with Gasteiger partial charge in [-0.25, -0.2) is 14.6 Å². The fourth-order valence-electron chi connectivity index (χ4n) is 6.10. The van der Waals surface area contributed by atoms with Crippen LogP contribution in [0.5, 0.6) is 0 Å². The lowest BCUT2D eigenvalue weighted by molar-refractivity contribution is 0.0591. The van der Waals surface area contributed by atoms with Gasteiger partial charge in [-0.05, 0) is 85.8 Å². The van der Waals surface area contributed by atoms with Crippen molar-refractivity contribution < 1.29 is 19.1 Å². The largest absolute Gasteiger partial charge is 0.465 e. The lowest BCUT2D eigenvalue weighted by Gasteiger charge is -2.28. The maximum Gasteiger partial charge on any atom is 0.338 e. The molecule has 10 nitrogen and oxygen atoms in total. The van der Waals surface area contributed by atoms with E-state index in [0.29, 0.717) is 28.8 Å². The van der Waals surface area contributed by atoms with Crippen molar-refractivity contribution in [3.8, 4) is 22.8 Å². The van der Waals surface area contributed by atoms with Crippen molar-refractivity contribution in [1.29, 1.82) is 0 Å². The molecule has 2 aliphatic carbocycles. The van der Waals surface area contributed by atoms with E-state index in [4.69, 9.17) is 9.47 Å². The summed E-state index contributed by atoms with van der Waals surface area (Å²) in [5.41, 5.74) is 7.58. The van der Waals surface area contributed by atoms with E-state index in [1.807, 2.05) is 44.5 Å². The Labute approximate surface area is 265 Å². The predicted molar refractivity (Wildman–Crippen MR) is 172 cm³/mol. The summed E-state index contributed by atoms with van der Waals surface area (Å²) in [7, 11) is 4.80. The molecule has 0 unspecified atom stereocenters. The highest BCUT2D eigenvalue weighted by molar-refractivity contribution is 5.93. The van der Waals surface area contributed by atoms with Gasteiger partial charge in [0, 0.05) is 31.0 Å². The number of carbonyl (C=O) groups excluding carboxylic acids is 2. The normalized spacial score (nSPS) is 14.6. The van der Waals surface area contributed by atoms with Gasteiger partial charge in [-0.2, -0.15) is 5.10 Å². The van der Waals surface area contributed by atoms with Gasteiger partial charge in [0.1, 0.15) is 11.6 Å². The molecule has 0 bridgehead atoms. The number of ether oxygens (including phenoxy) is 2. The van der Waals surface area contributed by atoms with Crippen molar-refractivity contribution in [3.05, 3.63) is 69.3 Å². The molecule has 2 aromatic heterocycles. The first-order valence-corrected chi connectivity index (χ1v) is 16.0. The Kier molecular flexibility index (Phi) is 9.80. The summed E-state index contributed by atoms with van der Waals surface area (Å²) < 4.78 is 11.8. The summed E-state index contributed by atoms with van der Waals surface area (Å²) in [5, 5.41) is 15.9. The summed E-state index contributed by atoms with van der Waals surface area (Å²) in [6, 6.07) is 8.05. The van der Waals surface area contributed by atoms with Crippen molar-refractivity contribution in [2.24, 2.45) is 7.05 Å². The highest BCUT2D eigenvalue weighted by atomic mass is 16.5. The van der Waals surface area contributed by atoms with Crippen LogP contribution in [0.3, 0.4) is 0 Å². The van der Waals surface area contributed by atoms with Gasteiger partial charge in [-0.15, -0.1) is 10.2 Å². The number of nitrogens with zero attached hydrogens (tertiary/aromatic N) is 5. The molecule has 0 radical (unpaired) electrons. The van der Waals surface area contributed by atoms with Crippen LogP contribution in [0.1, 0.15) is 119 Å². The second kappa shape index (κ2) is 13.7. The minimum absolute atomic E-state index is 0.304. The monoisotopic (exact) mass is 612 g/mol.